The van der Waals surface area contributed by atoms with Gasteiger partial charge in [0.15, 0.2) is 0 Å². The second-order valence-corrected chi connectivity index (χ2v) is 8.82. The maximum absolute atomic E-state index is 2.77. The van der Waals surface area contributed by atoms with Crippen LogP contribution in [0.4, 0.5) is 0 Å². The molecule has 140 valence electrons. The van der Waals surface area contributed by atoms with E-state index in [0.717, 1.165) is 6.54 Å². The standard InChI is InChI=1S/C27H27N/c1-2-6-19(7-3-1)18-28-23-9-5-10-24(28)17-22(16-23)25-15-14-21-13-12-20-8-4-11-26(25)27(20)21/h1-4,6-8,11,14-16,23-24H,5,9-10,12-13,17-18H2. The molecule has 3 aromatic rings. The second-order valence-electron chi connectivity index (χ2n) is 8.82. The summed E-state index contributed by atoms with van der Waals surface area (Å²) in [6.45, 7) is 1.09. The van der Waals surface area contributed by atoms with Gasteiger partial charge in [0.25, 0.3) is 0 Å². The fourth-order valence-electron chi connectivity index (χ4n) is 5.88. The Balaban J connectivity index is 1.39. The average molecular weight is 366 g/mol. The van der Waals surface area contributed by atoms with Crippen molar-refractivity contribution >= 4 is 16.3 Å². The number of hydrogen-bond acceptors (Lipinski definition) is 1. The van der Waals surface area contributed by atoms with Crippen LogP contribution < -0.4 is 0 Å². The Hall–Kier alpha value is -2.38. The molecule has 1 heteroatoms. The molecule has 1 saturated heterocycles. The van der Waals surface area contributed by atoms with Crippen LogP contribution in [0.5, 0.6) is 0 Å². The molecule has 1 aliphatic carbocycles. The van der Waals surface area contributed by atoms with Gasteiger partial charge in [-0.2, -0.15) is 0 Å². The first-order valence-corrected chi connectivity index (χ1v) is 10.9. The number of piperidine rings is 1. The Morgan fingerprint density at radius 1 is 0.821 bits per heavy atom. The minimum Gasteiger partial charge on any atom is -0.289 e. The van der Waals surface area contributed by atoms with Crippen LogP contribution in [-0.2, 0) is 19.4 Å². The van der Waals surface area contributed by atoms with E-state index in [0.29, 0.717) is 12.1 Å². The summed E-state index contributed by atoms with van der Waals surface area (Å²) in [6.07, 6.45) is 10.2. The molecule has 1 fully saturated rings. The molecule has 2 aliphatic heterocycles. The third-order valence-electron chi connectivity index (χ3n) is 7.21. The minimum atomic E-state index is 0.589. The molecule has 2 bridgehead atoms. The van der Waals surface area contributed by atoms with Crippen molar-refractivity contribution in [3.05, 3.63) is 89.0 Å². The first-order chi connectivity index (χ1) is 13.9. The maximum Gasteiger partial charge on any atom is 0.0290 e. The van der Waals surface area contributed by atoms with Crippen LogP contribution in [0.2, 0.25) is 0 Å². The predicted molar refractivity (Wildman–Crippen MR) is 117 cm³/mol. The summed E-state index contributed by atoms with van der Waals surface area (Å²) in [6, 6.07) is 24.1. The lowest BCUT2D eigenvalue weighted by atomic mass is 9.81. The van der Waals surface area contributed by atoms with Crippen LogP contribution in [0.1, 0.15) is 47.9 Å². The molecule has 28 heavy (non-hydrogen) atoms. The van der Waals surface area contributed by atoms with Crippen molar-refractivity contribution in [1.29, 1.82) is 0 Å². The van der Waals surface area contributed by atoms with Crippen molar-refractivity contribution in [3.8, 4) is 0 Å². The summed E-state index contributed by atoms with van der Waals surface area (Å²) in [5.74, 6) is 0. The average Bonchev–Trinajstić information content (AvgIpc) is 3.14. The SMILES string of the molecule is C1=C(c2ccc3c4c(cccc24)CC3)CC2CCCC1N2Cc1ccccc1. The molecule has 3 aliphatic rings. The van der Waals surface area contributed by atoms with Gasteiger partial charge in [-0.3, -0.25) is 4.90 Å². The molecule has 6 rings (SSSR count). The van der Waals surface area contributed by atoms with Crippen molar-refractivity contribution < 1.29 is 0 Å². The van der Waals surface area contributed by atoms with E-state index in [-0.39, 0.29) is 0 Å². The monoisotopic (exact) mass is 365 g/mol. The van der Waals surface area contributed by atoms with Crippen molar-refractivity contribution in [1.82, 2.24) is 4.90 Å². The molecule has 0 spiro atoms. The zero-order chi connectivity index (χ0) is 18.5. The van der Waals surface area contributed by atoms with Crippen LogP contribution in [-0.4, -0.2) is 17.0 Å². The number of benzene rings is 3. The summed E-state index contributed by atoms with van der Waals surface area (Å²) >= 11 is 0. The first-order valence-electron chi connectivity index (χ1n) is 10.9. The number of fused-ring (bicyclic) bond motifs is 2. The quantitative estimate of drug-likeness (QED) is 0.538. The number of hydrogen-bond donors (Lipinski definition) is 0. The van der Waals surface area contributed by atoms with E-state index < -0.39 is 0 Å². The molecular weight excluding hydrogens is 338 g/mol. The topological polar surface area (TPSA) is 3.24 Å². The predicted octanol–water partition coefficient (Wildman–Crippen LogP) is 6.15. The van der Waals surface area contributed by atoms with E-state index in [1.807, 2.05) is 0 Å². The van der Waals surface area contributed by atoms with Gasteiger partial charge in [0.05, 0.1) is 0 Å². The maximum atomic E-state index is 2.77. The Kier molecular flexibility index (Phi) is 3.90. The Morgan fingerprint density at radius 2 is 1.68 bits per heavy atom. The number of rotatable bonds is 3. The highest BCUT2D eigenvalue weighted by Gasteiger charge is 2.34. The molecule has 2 atom stereocenters. The van der Waals surface area contributed by atoms with E-state index in [4.69, 9.17) is 0 Å². The molecule has 0 radical (unpaired) electrons. The van der Waals surface area contributed by atoms with Crippen molar-refractivity contribution in [2.75, 3.05) is 0 Å². The van der Waals surface area contributed by atoms with Gasteiger partial charge in [-0.15, -0.1) is 0 Å². The first kappa shape index (κ1) is 16.6. The molecule has 1 nitrogen and oxygen atoms in total. The van der Waals surface area contributed by atoms with Gasteiger partial charge in [0.2, 0.25) is 0 Å². The van der Waals surface area contributed by atoms with E-state index in [1.165, 1.54) is 55.0 Å². The summed E-state index contributed by atoms with van der Waals surface area (Å²) in [5.41, 5.74) is 7.64. The van der Waals surface area contributed by atoms with Crippen molar-refractivity contribution in [2.24, 2.45) is 0 Å². The van der Waals surface area contributed by atoms with Crippen molar-refractivity contribution in [2.45, 2.75) is 57.2 Å². The highest BCUT2D eigenvalue weighted by Crippen LogP contribution is 2.41. The largest absolute Gasteiger partial charge is 0.289 e. The van der Waals surface area contributed by atoms with E-state index in [9.17, 15) is 0 Å². The van der Waals surface area contributed by atoms with Gasteiger partial charge in [-0.1, -0.05) is 73.2 Å². The van der Waals surface area contributed by atoms with Gasteiger partial charge in [0.1, 0.15) is 0 Å². The lowest BCUT2D eigenvalue weighted by Crippen LogP contribution is -2.47. The third-order valence-corrected chi connectivity index (χ3v) is 7.21. The van der Waals surface area contributed by atoms with Gasteiger partial charge < -0.3 is 0 Å². The zero-order valence-corrected chi connectivity index (χ0v) is 16.4. The fraction of sp³-hybridized carbons (Fsp3) is 0.333. The van der Waals surface area contributed by atoms with Crippen LogP contribution in [0, 0.1) is 0 Å². The normalized spacial score (nSPS) is 23.8. The molecule has 3 aromatic carbocycles. The van der Waals surface area contributed by atoms with Gasteiger partial charge >= 0.3 is 0 Å². The summed E-state index contributed by atoms with van der Waals surface area (Å²) < 4.78 is 0. The minimum absolute atomic E-state index is 0.589. The highest BCUT2D eigenvalue weighted by molar-refractivity contribution is 5.99. The lowest BCUT2D eigenvalue weighted by molar-refractivity contribution is 0.0951. The molecule has 0 saturated carbocycles. The van der Waals surface area contributed by atoms with Crippen LogP contribution >= 0.6 is 0 Å². The molecule has 0 aromatic heterocycles. The van der Waals surface area contributed by atoms with Crippen LogP contribution in [0.25, 0.3) is 16.3 Å². The molecule has 0 N–H and O–H groups in total. The van der Waals surface area contributed by atoms with E-state index in [2.05, 4.69) is 71.6 Å². The smallest absolute Gasteiger partial charge is 0.0290 e. The molecule has 2 heterocycles. The zero-order valence-electron chi connectivity index (χ0n) is 16.4. The second kappa shape index (κ2) is 6.60. The Morgan fingerprint density at radius 3 is 2.54 bits per heavy atom. The summed E-state index contributed by atoms with van der Waals surface area (Å²) in [7, 11) is 0. The van der Waals surface area contributed by atoms with Gasteiger partial charge in [0, 0.05) is 18.6 Å². The van der Waals surface area contributed by atoms with Crippen LogP contribution in [0.3, 0.4) is 0 Å². The lowest BCUT2D eigenvalue weighted by Gasteiger charge is -2.45. The van der Waals surface area contributed by atoms with E-state index in [1.54, 1.807) is 22.1 Å². The molecule has 0 amide bonds. The van der Waals surface area contributed by atoms with Crippen LogP contribution in [0.15, 0.2) is 66.7 Å². The fourth-order valence-corrected chi connectivity index (χ4v) is 5.88. The molecular formula is C27H27N. The molecule has 2 unspecified atom stereocenters. The van der Waals surface area contributed by atoms with Gasteiger partial charge in [-0.25, -0.2) is 0 Å². The summed E-state index contributed by atoms with van der Waals surface area (Å²) in [5, 5.41) is 3.05. The van der Waals surface area contributed by atoms with Crippen molar-refractivity contribution in [3.63, 3.8) is 0 Å². The summed E-state index contributed by atoms with van der Waals surface area (Å²) in [4.78, 5) is 2.77. The highest BCUT2D eigenvalue weighted by atomic mass is 15.2. The number of nitrogens with zero attached hydrogens (tertiary/aromatic N) is 1. The third kappa shape index (κ3) is 2.64. The van der Waals surface area contributed by atoms with Gasteiger partial charge in [-0.05, 0) is 70.7 Å². The Labute approximate surface area is 167 Å². The Bertz CT molecular complexity index is 1050. The number of aryl methyl sites for hydroxylation is 2. The van der Waals surface area contributed by atoms with E-state index >= 15 is 0 Å².